The topological polar surface area (TPSA) is 89.0 Å². The minimum atomic E-state index is -0.995. The predicted molar refractivity (Wildman–Crippen MR) is 129 cm³/mol. The maximum absolute atomic E-state index is 13.2. The number of hydrogen-bond acceptors (Lipinski definition) is 5. The highest BCUT2D eigenvalue weighted by Gasteiger charge is 2.15. The Hall–Kier alpha value is -3.91. The van der Waals surface area contributed by atoms with Gasteiger partial charge in [0.05, 0.1) is 17.8 Å². The number of rotatable bonds is 7. The van der Waals surface area contributed by atoms with Crippen LogP contribution in [0, 0.1) is 12.7 Å². The van der Waals surface area contributed by atoms with Gasteiger partial charge in [-0.25, -0.2) is 9.82 Å². The van der Waals surface area contributed by atoms with E-state index in [-0.39, 0.29) is 10.7 Å². The number of anilines is 1. The molecule has 0 radical (unpaired) electrons. The molecule has 0 aliphatic rings. The summed E-state index contributed by atoms with van der Waals surface area (Å²) in [5, 5.41) is 6.12. The monoisotopic (exact) mass is 483 g/mol. The Morgan fingerprint density at radius 1 is 1.03 bits per heavy atom. The number of nitrogens with one attached hydrogen (secondary N) is 2. The molecule has 0 spiro atoms. The predicted octanol–water partition coefficient (Wildman–Crippen LogP) is 4.85. The number of benzene rings is 3. The van der Waals surface area contributed by atoms with Crippen LogP contribution in [0.4, 0.5) is 10.1 Å². The van der Waals surface area contributed by atoms with Gasteiger partial charge in [0.15, 0.2) is 11.5 Å². The van der Waals surface area contributed by atoms with E-state index >= 15 is 0 Å². The average molecular weight is 484 g/mol. The molecule has 0 aromatic heterocycles. The number of methoxy groups -OCH3 is 1. The molecule has 0 fully saturated rings. The zero-order valence-corrected chi connectivity index (χ0v) is 19.6. The lowest BCUT2D eigenvalue weighted by molar-refractivity contribution is -0.136. The van der Waals surface area contributed by atoms with Crippen molar-refractivity contribution in [3.8, 4) is 11.5 Å². The number of ether oxygens (including phenoxy) is 2. The van der Waals surface area contributed by atoms with E-state index in [2.05, 4.69) is 15.8 Å². The summed E-state index contributed by atoms with van der Waals surface area (Å²) < 4.78 is 24.6. The van der Waals surface area contributed by atoms with Gasteiger partial charge in [-0.15, -0.1) is 0 Å². The molecule has 0 saturated heterocycles. The van der Waals surface area contributed by atoms with Crippen molar-refractivity contribution in [1.29, 1.82) is 0 Å². The van der Waals surface area contributed by atoms with Crippen LogP contribution in [0.3, 0.4) is 0 Å². The Morgan fingerprint density at radius 3 is 2.50 bits per heavy atom. The van der Waals surface area contributed by atoms with Gasteiger partial charge in [-0.05, 0) is 61.4 Å². The van der Waals surface area contributed by atoms with Gasteiger partial charge in [-0.2, -0.15) is 5.10 Å². The second kappa shape index (κ2) is 11.3. The van der Waals surface area contributed by atoms with Crippen molar-refractivity contribution < 1.29 is 23.5 Å². The zero-order chi connectivity index (χ0) is 24.7. The minimum Gasteiger partial charge on any atom is -0.493 e. The van der Waals surface area contributed by atoms with Gasteiger partial charge in [-0.1, -0.05) is 35.9 Å². The van der Waals surface area contributed by atoms with Gasteiger partial charge >= 0.3 is 11.8 Å². The third-order valence-electron chi connectivity index (χ3n) is 4.93. The molecule has 3 aromatic rings. The largest absolute Gasteiger partial charge is 0.493 e. The summed E-state index contributed by atoms with van der Waals surface area (Å²) in [6.07, 6.45) is 0. The van der Waals surface area contributed by atoms with Crippen molar-refractivity contribution in [1.82, 2.24) is 5.43 Å². The lowest BCUT2D eigenvalue weighted by Crippen LogP contribution is -2.32. The van der Waals surface area contributed by atoms with Crippen molar-refractivity contribution >= 4 is 34.8 Å². The molecule has 34 heavy (non-hydrogen) atoms. The number of aryl methyl sites for hydroxylation is 1. The normalized spacial score (nSPS) is 11.0. The molecule has 0 atom stereocenters. The Labute approximate surface area is 201 Å². The number of halogens is 2. The van der Waals surface area contributed by atoms with Crippen LogP contribution in [-0.2, 0) is 16.2 Å². The standard InChI is InChI=1S/C25H23ClFN3O4/c1-15-6-4-5-7-18(15)14-34-22-11-8-17(12-23(22)33-3)16(2)29-30-25(32)24(31)28-19-9-10-21(27)20(26)13-19/h4-13H,14H2,1-3H3,(H,28,31)(H,30,32). The molecular weight excluding hydrogens is 461 g/mol. The number of hydrazone groups is 1. The number of carbonyl (C=O) groups is 2. The summed E-state index contributed by atoms with van der Waals surface area (Å²) in [5.74, 6) is -1.55. The van der Waals surface area contributed by atoms with E-state index in [0.717, 1.165) is 17.2 Å². The third kappa shape index (κ3) is 6.32. The van der Waals surface area contributed by atoms with Gasteiger partial charge in [0.2, 0.25) is 0 Å². The van der Waals surface area contributed by atoms with Crippen LogP contribution >= 0.6 is 11.6 Å². The van der Waals surface area contributed by atoms with Crippen LogP contribution < -0.4 is 20.2 Å². The number of amides is 2. The number of nitrogens with zero attached hydrogens (tertiary/aromatic N) is 1. The highest BCUT2D eigenvalue weighted by Crippen LogP contribution is 2.29. The van der Waals surface area contributed by atoms with Gasteiger partial charge in [0, 0.05) is 11.3 Å². The smallest absolute Gasteiger partial charge is 0.329 e. The van der Waals surface area contributed by atoms with Crippen LogP contribution in [0.2, 0.25) is 5.02 Å². The quantitative estimate of drug-likeness (QED) is 0.285. The Balaban J connectivity index is 1.63. The van der Waals surface area contributed by atoms with Crippen LogP contribution in [0.15, 0.2) is 65.8 Å². The van der Waals surface area contributed by atoms with E-state index in [0.29, 0.717) is 29.4 Å². The van der Waals surface area contributed by atoms with E-state index in [4.69, 9.17) is 21.1 Å². The molecule has 7 nitrogen and oxygen atoms in total. The summed E-state index contributed by atoms with van der Waals surface area (Å²) in [5.41, 5.74) is 5.66. The fourth-order valence-corrected chi connectivity index (χ4v) is 3.13. The first-order valence-corrected chi connectivity index (χ1v) is 10.6. The van der Waals surface area contributed by atoms with Crippen LogP contribution in [0.1, 0.15) is 23.6 Å². The first-order valence-electron chi connectivity index (χ1n) is 10.2. The molecule has 3 rings (SSSR count). The van der Waals surface area contributed by atoms with Crippen molar-refractivity contribution in [2.24, 2.45) is 5.10 Å². The molecule has 0 unspecified atom stereocenters. The lowest BCUT2D eigenvalue weighted by atomic mass is 10.1. The SMILES string of the molecule is COc1cc(C(C)=NNC(=O)C(=O)Nc2ccc(F)c(Cl)c2)ccc1OCc1ccccc1C. The Bertz CT molecular complexity index is 1250. The van der Waals surface area contributed by atoms with Crippen LogP contribution in [0.25, 0.3) is 0 Å². The number of hydrogen-bond donors (Lipinski definition) is 2. The molecular formula is C25H23ClFN3O4. The van der Waals surface area contributed by atoms with E-state index in [1.54, 1.807) is 25.1 Å². The summed E-state index contributed by atoms with van der Waals surface area (Å²) in [4.78, 5) is 24.1. The maximum Gasteiger partial charge on any atom is 0.329 e. The third-order valence-corrected chi connectivity index (χ3v) is 5.22. The zero-order valence-electron chi connectivity index (χ0n) is 18.8. The molecule has 9 heteroatoms. The molecule has 2 amide bonds. The van der Waals surface area contributed by atoms with Crippen LogP contribution in [0.5, 0.6) is 11.5 Å². The summed E-state index contributed by atoms with van der Waals surface area (Å²) in [6.45, 7) is 4.07. The molecule has 0 aliphatic heterocycles. The van der Waals surface area contributed by atoms with Crippen molar-refractivity contribution in [2.45, 2.75) is 20.5 Å². The van der Waals surface area contributed by atoms with Crippen molar-refractivity contribution in [3.05, 3.63) is 88.2 Å². The van der Waals surface area contributed by atoms with Gasteiger partial charge in [0.1, 0.15) is 12.4 Å². The lowest BCUT2D eigenvalue weighted by Gasteiger charge is -2.13. The van der Waals surface area contributed by atoms with E-state index in [9.17, 15) is 14.0 Å². The van der Waals surface area contributed by atoms with E-state index in [1.165, 1.54) is 19.2 Å². The van der Waals surface area contributed by atoms with Gasteiger partial charge < -0.3 is 14.8 Å². The number of carbonyl (C=O) groups excluding carboxylic acids is 2. The molecule has 0 bridgehead atoms. The van der Waals surface area contributed by atoms with E-state index in [1.807, 2.05) is 31.2 Å². The van der Waals surface area contributed by atoms with Crippen molar-refractivity contribution in [2.75, 3.05) is 12.4 Å². The van der Waals surface area contributed by atoms with E-state index < -0.39 is 17.6 Å². The molecule has 2 N–H and O–H groups in total. The highest BCUT2D eigenvalue weighted by molar-refractivity contribution is 6.40. The molecule has 176 valence electrons. The second-order valence-corrected chi connectivity index (χ2v) is 7.71. The van der Waals surface area contributed by atoms with Crippen molar-refractivity contribution in [3.63, 3.8) is 0 Å². The van der Waals surface area contributed by atoms with Crippen LogP contribution in [-0.4, -0.2) is 24.6 Å². The highest BCUT2D eigenvalue weighted by atomic mass is 35.5. The average Bonchev–Trinajstić information content (AvgIpc) is 2.84. The molecule has 0 aliphatic carbocycles. The minimum absolute atomic E-state index is 0.174. The first-order chi connectivity index (χ1) is 16.3. The molecule has 0 saturated carbocycles. The van der Waals surface area contributed by atoms with Gasteiger partial charge in [0.25, 0.3) is 0 Å². The fraction of sp³-hybridized carbons (Fsp3) is 0.160. The Morgan fingerprint density at radius 2 is 1.79 bits per heavy atom. The molecule has 0 heterocycles. The first kappa shape index (κ1) is 24.7. The second-order valence-electron chi connectivity index (χ2n) is 7.30. The summed E-state index contributed by atoms with van der Waals surface area (Å²) in [6, 6.07) is 16.7. The fourth-order valence-electron chi connectivity index (χ4n) is 2.95. The molecule has 3 aromatic carbocycles. The summed E-state index contributed by atoms with van der Waals surface area (Å²) >= 11 is 5.67. The van der Waals surface area contributed by atoms with Gasteiger partial charge in [-0.3, -0.25) is 9.59 Å². The Kier molecular flexibility index (Phi) is 8.21. The maximum atomic E-state index is 13.2. The summed E-state index contributed by atoms with van der Waals surface area (Å²) in [7, 11) is 1.53.